The van der Waals surface area contributed by atoms with Crippen molar-refractivity contribution < 1.29 is 27.2 Å². The van der Waals surface area contributed by atoms with Crippen LogP contribution in [-0.4, -0.2) is 38.1 Å². The molecule has 0 bridgehead atoms. The highest BCUT2D eigenvalue weighted by atomic mass is 32.2. The summed E-state index contributed by atoms with van der Waals surface area (Å²) in [4.78, 5) is 12.1. The molecule has 0 aliphatic heterocycles. The van der Waals surface area contributed by atoms with Crippen molar-refractivity contribution in [2.24, 2.45) is 0 Å². The Morgan fingerprint density at radius 3 is 2.23 bits per heavy atom. The summed E-state index contributed by atoms with van der Waals surface area (Å²) >= 11 is 0. The topological polar surface area (TPSA) is 89.9 Å². The van der Waals surface area contributed by atoms with E-state index < -0.39 is 21.5 Å². The van der Waals surface area contributed by atoms with Crippen LogP contribution in [0, 0.1) is 6.92 Å². The third-order valence-corrected chi connectivity index (χ3v) is 5.10. The fourth-order valence-corrected chi connectivity index (χ4v) is 3.38. The third kappa shape index (κ3) is 5.14. The van der Waals surface area contributed by atoms with E-state index >= 15 is 0 Å². The highest BCUT2D eigenvalue weighted by Gasteiger charge is 2.25. The van der Waals surface area contributed by atoms with Gasteiger partial charge in [0.1, 0.15) is 24.6 Å². The van der Waals surface area contributed by atoms with Crippen molar-refractivity contribution in [3.63, 3.8) is 0 Å². The van der Waals surface area contributed by atoms with Crippen LogP contribution in [0.5, 0.6) is 5.75 Å². The molecule has 0 radical (unpaired) electrons. The Bertz CT molecular complexity index is 864. The van der Waals surface area contributed by atoms with Crippen LogP contribution >= 0.6 is 0 Å². The average molecular weight is 378 g/mol. The molecule has 2 aromatic carbocycles. The Balaban J connectivity index is 1.89. The van der Waals surface area contributed by atoms with E-state index in [0.29, 0.717) is 16.9 Å². The van der Waals surface area contributed by atoms with Crippen LogP contribution in [0.15, 0.2) is 53.4 Å². The molecule has 7 heteroatoms. The van der Waals surface area contributed by atoms with Crippen molar-refractivity contribution in [1.29, 1.82) is 0 Å². The Labute approximate surface area is 153 Å². The number of ketones is 1. The number of aliphatic hydroxyl groups is 1. The standard InChI is InChI=1S/C19H22O6S/c1-14-6-4-5-7-17(14)26(22,23)25-13-12-24-16-10-8-15(9-11-16)18(20)19(2,3)21/h4-11,21H,12-13H2,1-3H3. The Kier molecular flexibility index (Phi) is 6.17. The quantitative estimate of drug-likeness (QED) is 0.432. The number of ether oxygens (including phenoxy) is 1. The van der Waals surface area contributed by atoms with Gasteiger partial charge in [-0.05, 0) is 56.7 Å². The highest BCUT2D eigenvalue weighted by molar-refractivity contribution is 7.86. The van der Waals surface area contributed by atoms with Gasteiger partial charge in [0.15, 0.2) is 5.78 Å². The molecular formula is C19H22O6S. The van der Waals surface area contributed by atoms with Crippen molar-refractivity contribution in [1.82, 2.24) is 0 Å². The maximum atomic E-state index is 12.1. The van der Waals surface area contributed by atoms with Crippen LogP contribution in [0.25, 0.3) is 0 Å². The molecule has 0 spiro atoms. The lowest BCUT2D eigenvalue weighted by Gasteiger charge is -2.15. The zero-order valence-corrected chi connectivity index (χ0v) is 15.7. The molecule has 6 nitrogen and oxygen atoms in total. The first kappa shape index (κ1) is 20.1. The van der Waals surface area contributed by atoms with Crippen LogP contribution in [0.4, 0.5) is 0 Å². The van der Waals surface area contributed by atoms with Crippen LogP contribution in [-0.2, 0) is 14.3 Å². The number of rotatable bonds is 8. The summed E-state index contributed by atoms with van der Waals surface area (Å²) in [6, 6.07) is 12.8. The van der Waals surface area contributed by atoms with Crippen molar-refractivity contribution in [2.45, 2.75) is 31.3 Å². The molecular weight excluding hydrogens is 356 g/mol. The minimum absolute atomic E-state index is 0.0316. The van der Waals surface area contributed by atoms with E-state index in [0.717, 1.165) is 0 Å². The van der Waals surface area contributed by atoms with Gasteiger partial charge in [-0.1, -0.05) is 18.2 Å². The number of carbonyl (C=O) groups excluding carboxylic acids is 1. The molecule has 0 heterocycles. The van der Waals surface area contributed by atoms with E-state index in [9.17, 15) is 18.3 Å². The molecule has 0 aliphatic carbocycles. The van der Waals surface area contributed by atoms with E-state index in [2.05, 4.69) is 0 Å². The molecule has 2 rings (SSSR count). The van der Waals surface area contributed by atoms with Gasteiger partial charge >= 0.3 is 0 Å². The van der Waals surface area contributed by atoms with Gasteiger partial charge in [-0.2, -0.15) is 8.42 Å². The minimum Gasteiger partial charge on any atom is -0.491 e. The second-order valence-electron chi connectivity index (χ2n) is 6.30. The maximum Gasteiger partial charge on any atom is 0.297 e. The van der Waals surface area contributed by atoms with Crippen LogP contribution in [0.2, 0.25) is 0 Å². The zero-order chi connectivity index (χ0) is 19.4. The van der Waals surface area contributed by atoms with E-state index in [1.54, 1.807) is 49.4 Å². The smallest absolute Gasteiger partial charge is 0.297 e. The van der Waals surface area contributed by atoms with Crippen molar-refractivity contribution >= 4 is 15.9 Å². The number of benzene rings is 2. The molecule has 0 fully saturated rings. The molecule has 0 aromatic heterocycles. The summed E-state index contributed by atoms with van der Waals surface area (Å²) in [6.07, 6.45) is 0. The number of aryl methyl sites for hydroxylation is 1. The lowest BCUT2D eigenvalue weighted by atomic mass is 9.97. The molecule has 0 saturated carbocycles. The van der Waals surface area contributed by atoms with Crippen LogP contribution in [0.3, 0.4) is 0 Å². The predicted molar refractivity (Wildman–Crippen MR) is 96.9 cm³/mol. The molecule has 0 amide bonds. The Morgan fingerprint density at radius 2 is 1.65 bits per heavy atom. The van der Waals surface area contributed by atoms with Gasteiger partial charge in [-0.25, -0.2) is 0 Å². The molecule has 0 aliphatic rings. The second-order valence-corrected chi connectivity index (χ2v) is 7.89. The van der Waals surface area contributed by atoms with E-state index in [1.165, 1.54) is 19.9 Å². The first-order valence-corrected chi connectivity index (χ1v) is 9.47. The fourth-order valence-electron chi connectivity index (χ4n) is 2.26. The molecule has 2 aromatic rings. The molecule has 1 N–H and O–H groups in total. The van der Waals surface area contributed by atoms with Crippen molar-refractivity contribution in [2.75, 3.05) is 13.2 Å². The number of Topliss-reactive ketones (excluding diaryl/α,β-unsaturated/α-hetero) is 1. The highest BCUT2D eigenvalue weighted by Crippen LogP contribution is 2.18. The van der Waals surface area contributed by atoms with E-state index in [4.69, 9.17) is 8.92 Å². The lowest BCUT2D eigenvalue weighted by molar-refractivity contribution is 0.0488. The predicted octanol–water partition coefficient (Wildman–Crippen LogP) is 2.73. The first-order valence-electron chi connectivity index (χ1n) is 8.06. The van der Waals surface area contributed by atoms with Gasteiger partial charge in [0.2, 0.25) is 0 Å². The molecule has 0 atom stereocenters. The number of carbonyl (C=O) groups is 1. The van der Waals surface area contributed by atoms with Gasteiger partial charge in [0.05, 0.1) is 4.90 Å². The first-order chi connectivity index (χ1) is 12.1. The Morgan fingerprint density at radius 1 is 1.04 bits per heavy atom. The summed E-state index contributed by atoms with van der Waals surface area (Å²) < 4.78 is 34.7. The largest absolute Gasteiger partial charge is 0.491 e. The van der Waals surface area contributed by atoms with E-state index in [-0.39, 0.29) is 18.1 Å². The van der Waals surface area contributed by atoms with E-state index in [1.807, 2.05) is 0 Å². The SMILES string of the molecule is Cc1ccccc1S(=O)(=O)OCCOc1ccc(C(=O)C(C)(C)O)cc1. The average Bonchev–Trinajstić information content (AvgIpc) is 2.58. The molecule has 26 heavy (non-hydrogen) atoms. The van der Waals surface area contributed by atoms with Gasteiger partial charge in [-0.3, -0.25) is 8.98 Å². The van der Waals surface area contributed by atoms with Crippen molar-refractivity contribution in [3.8, 4) is 5.75 Å². The zero-order valence-electron chi connectivity index (χ0n) is 14.9. The molecule has 0 unspecified atom stereocenters. The Hall–Kier alpha value is -2.22. The summed E-state index contributed by atoms with van der Waals surface area (Å²) in [5.41, 5.74) is -0.469. The third-order valence-electron chi connectivity index (χ3n) is 3.63. The molecule has 140 valence electrons. The normalized spacial score (nSPS) is 12.0. The summed E-state index contributed by atoms with van der Waals surface area (Å²) in [7, 11) is -3.83. The van der Waals surface area contributed by atoms with Crippen LogP contribution in [0.1, 0.15) is 29.8 Å². The second kappa shape index (κ2) is 7.99. The number of hydrogen-bond acceptors (Lipinski definition) is 6. The minimum atomic E-state index is -3.83. The fraction of sp³-hybridized carbons (Fsp3) is 0.316. The van der Waals surface area contributed by atoms with Gasteiger partial charge in [0, 0.05) is 5.56 Å². The summed E-state index contributed by atoms with van der Waals surface area (Å²) in [6.45, 7) is 4.44. The lowest BCUT2D eigenvalue weighted by Crippen LogP contribution is -2.30. The summed E-state index contributed by atoms with van der Waals surface area (Å²) in [5.74, 6) is 0.0749. The number of hydrogen-bond donors (Lipinski definition) is 1. The maximum absolute atomic E-state index is 12.1. The van der Waals surface area contributed by atoms with Gasteiger partial charge in [-0.15, -0.1) is 0 Å². The monoisotopic (exact) mass is 378 g/mol. The van der Waals surface area contributed by atoms with Gasteiger partial charge in [0.25, 0.3) is 10.1 Å². The molecule has 0 saturated heterocycles. The van der Waals surface area contributed by atoms with Crippen LogP contribution < -0.4 is 4.74 Å². The van der Waals surface area contributed by atoms with Gasteiger partial charge < -0.3 is 9.84 Å². The summed E-state index contributed by atoms with van der Waals surface area (Å²) in [5, 5.41) is 9.72. The van der Waals surface area contributed by atoms with Crippen molar-refractivity contribution in [3.05, 3.63) is 59.7 Å².